The lowest BCUT2D eigenvalue weighted by atomic mass is 9.93. The molecule has 1 aliphatic carbocycles. The van der Waals surface area contributed by atoms with Crippen LogP contribution in [0.2, 0.25) is 0 Å². The fraction of sp³-hybridized carbons (Fsp3) is 0.200. The molecule has 33 heavy (non-hydrogen) atoms. The first-order valence-electron chi connectivity index (χ1n) is 10.5. The van der Waals surface area contributed by atoms with E-state index in [0.29, 0.717) is 23.4 Å². The Morgan fingerprint density at radius 2 is 1.45 bits per heavy atom. The van der Waals surface area contributed by atoms with Crippen molar-refractivity contribution in [2.45, 2.75) is 37.1 Å². The lowest BCUT2D eigenvalue weighted by Gasteiger charge is -2.29. The second kappa shape index (κ2) is 10.7. The van der Waals surface area contributed by atoms with E-state index >= 15 is 0 Å². The molecule has 4 rings (SSSR count). The summed E-state index contributed by atoms with van der Waals surface area (Å²) < 4.78 is 24.6. The summed E-state index contributed by atoms with van der Waals surface area (Å²) in [7, 11) is 3.94. The molecule has 0 fully saturated rings. The van der Waals surface area contributed by atoms with Gasteiger partial charge in [0, 0.05) is 24.1 Å². The Hall–Kier alpha value is -3.03. The molecule has 2 N–H and O–H groups in total. The molecule has 0 bridgehead atoms. The highest BCUT2D eigenvalue weighted by atomic mass is 35.7. The number of hydrogen-bond donors (Lipinski definition) is 2. The molecule has 0 spiro atoms. The first-order chi connectivity index (χ1) is 15.9. The van der Waals surface area contributed by atoms with Crippen LogP contribution in [0.25, 0.3) is 0 Å². The van der Waals surface area contributed by atoms with Gasteiger partial charge in [0.15, 0.2) is 0 Å². The minimum absolute atomic E-state index is 0.262. The van der Waals surface area contributed by atoms with E-state index in [2.05, 4.69) is 10.6 Å². The van der Waals surface area contributed by atoms with Crippen molar-refractivity contribution >= 4 is 38.2 Å². The van der Waals surface area contributed by atoms with E-state index in [-0.39, 0.29) is 11.5 Å². The maximum atomic E-state index is 13.4. The molecule has 0 saturated carbocycles. The van der Waals surface area contributed by atoms with Crippen LogP contribution in [0.3, 0.4) is 0 Å². The molecule has 5 nitrogen and oxygen atoms in total. The number of benzene rings is 3. The first kappa shape index (κ1) is 24.6. The number of rotatable bonds is 5. The van der Waals surface area contributed by atoms with Gasteiger partial charge >= 0.3 is 0 Å². The first-order valence-corrected chi connectivity index (χ1v) is 12.5. The van der Waals surface area contributed by atoms with Gasteiger partial charge in [0.2, 0.25) is 0 Å². The highest BCUT2D eigenvalue weighted by Crippen LogP contribution is 2.32. The Bertz CT molecular complexity index is 1140. The number of carbonyl (C=O) groups is 2. The van der Waals surface area contributed by atoms with E-state index in [4.69, 9.17) is 10.7 Å². The summed E-state index contributed by atoms with van der Waals surface area (Å²) in [6.45, 7) is 4.00. The average Bonchev–Trinajstić information content (AvgIpc) is 3.20. The Labute approximate surface area is 199 Å². The van der Waals surface area contributed by atoms with Gasteiger partial charge in [0.1, 0.15) is 21.4 Å². The summed E-state index contributed by atoms with van der Waals surface area (Å²) in [5.41, 5.74) is 1.50. The Morgan fingerprint density at radius 3 is 1.97 bits per heavy atom. The Balaban J connectivity index is 0.00000149. The van der Waals surface area contributed by atoms with Gasteiger partial charge in [0.05, 0.1) is 4.90 Å². The van der Waals surface area contributed by atoms with Crippen molar-refractivity contribution in [1.82, 2.24) is 5.32 Å². The second-order valence-corrected chi connectivity index (χ2v) is 9.13. The number of carbonyl (C=O) groups excluding carboxylic acids is 2. The van der Waals surface area contributed by atoms with Gasteiger partial charge in [-0.1, -0.05) is 38.1 Å². The van der Waals surface area contributed by atoms with Gasteiger partial charge in [-0.15, -0.1) is 0 Å². The molecule has 3 aromatic rings. The molecule has 3 aromatic carbocycles. The van der Waals surface area contributed by atoms with Gasteiger partial charge in [0.25, 0.3) is 11.8 Å². The molecule has 0 aliphatic heterocycles. The van der Waals surface area contributed by atoms with Crippen molar-refractivity contribution in [1.29, 1.82) is 0 Å². The van der Waals surface area contributed by atoms with Crippen molar-refractivity contribution in [3.63, 3.8) is 0 Å². The number of nitrogens with one attached hydrogen (secondary N) is 2. The number of amides is 2. The molecule has 1 unspecified atom stereocenters. The summed E-state index contributed by atoms with van der Waals surface area (Å²) >= 11 is 0. The smallest absolute Gasteiger partial charge is 0.252 e. The van der Waals surface area contributed by atoms with Crippen LogP contribution in [-0.2, 0) is 27.6 Å². The third-order valence-corrected chi connectivity index (χ3v) is 6.47. The molecule has 0 radical (unpaired) electrons. The van der Waals surface area contributed by atoms with Crippen LogP contribution in [0.15, 0.2) is 77.7 Å². The van der Waals surface area contributed by atoms with E-state index in [1.807, 2.05) is 38.1 Å². The zero-order valence-electron chi connectivity index (χ0n) is 18.2. The van der Waals surface area contributed by atoms with E-state index in [1.165, 1.54) is 24.3 Å². The Kier molecular flexibility index (Phi) is 8.00. The third-order valence-electron chi connectivity index (χ3n) is 5.29. The molecule has 0 saturated heterocycles. The summed E-state index contributed by atoms with van der Waals surface area (Å²) in [6, 6.07) is 19.1. The van der Waals surface area contributed by atoms with Gasteiger partial charge in [-0.05, 0) is 70.3 Å². The quantitative estimate of drug-likeness (QED) is 0.497. The number of hydrogen-bond acceptors (Lipinski definition) is 3. The lowest BCUT2D eigenvalue weighted by Crippen LogP contribution is -2.57. The van der Waals surface area contributed by atoms with Crippen LogP contribution < -0.4 is 10.6 Å². The largest absolute Gasteiger partial charge is 0.337 e. The summed E-state index contributed by atoms with van der Waals surface area (Å²) in [4.78, 5) is 26.7. The lowest BCUT2D eigenvalue weighted by molar-refractivity contribution is -0.121. The van der Waals surface area contributed by atoms with Gasteiger partial charge < -0.3 is 10.6 Å². The molecular formula is C25H24ClFN2O3S. The van der Waals surface area contributed by atoms with Crippen molar-refractivity contribution in [2.24, 2.45) is 0 Å². The molecule has 2 amide bonds. The van der Waals surface area contributed by atoms with Gasteiger partial charge in [-0.25, -0.2) is 8.60 Å². The topological polar surface area (TPSA) is 75.3 Å². The van der Waals surface area contributed by atoms with Gasteiger partial charge in [-0.2, -0.15) is 0 Å². The maximum Gasteiger partial charge on any atom is 0.252 e. The van der Waals surface area contributed by atoms with E-state index in [1.54, 1.807) is 24.3 Å². The molecule has 0 heterocycles. The fourth-order valence-electron chi connectivity index (χ4n) is 3.71. The summed E-state index contributed by atoms with van der Waals surface area (Å²) in [6.07, 6.45) is 0.650. The monoisotopic (exact) mass is 486 g/mol. The maximum absolute atomic E-state index is 13.4. The number of fused-ring (bicyclic) bond motifs is 1. The zero-order valence-corrected chi connectivity index (χ0v) is 19.8. The van der Waals surface area contributed by atoms with Crippen molar-refractivity contribution in [3.8, 4) is 0 Å². The highest BCUT2D eigenvalue weighted by molar-refractivity contribution is 8.08. The van der Waals surface area contributed by atoms with Crippen LogP contribution in [0.4, 0.5) is 10.1 Å². The molecule has 1 aliphatic rings. The SMILES string of the molecule is CC.O=C(NC1(C(=O)Nc2ccc(S(=O)Cl)cc2)Cc2ccccc2C1)c1ccc(F)cc1. The van der Waals surface area contributed by atoms with E-state index < -0.39 is 27.3 Å². The minimum atomic E-state index is -1.64. The second-order valence-electron chi connectivity index (χ2n) is 7.37. The van der Waals surface area contributed by atoms with Crippen LogP contribution >= 0.6 is 10.7 Å². The molecule has 0 aromatic heterocycles. The minimum Gasteiger partial charge on any atom is -0.337 e. The van der Waals surface area contributed by atoms with Crippen LogP contribution in [0.1, 0.15) is 35.3 Å². The fourth-order valence-corrected chi connectivity index (χ4v) is 4.37. The standard InChI is InChI=1S/C23H18ClFN2O3S.C2H6/c24-31(30)20-11-9-19(10-12-20)26-22(29)23(13-16-3-1-2-4-17(16)14-23)27-21(28)15-5-7-18(25)8-6-15;1-2/h1-12H,13-14H2,(H,26,29)(H,27,28);1-2H3. The Morgan fingerprint density at radius 1 is 0.909 bits per heavy atom. The van der Waals surface area contributed by atoms with Crippen LogP contribution in [0.5, 0.6) is 0 Å². The molecule has 8 heteroatoms. The van der Waals surface area contributed by atoms with Crippen molar-refractivity contribution in [2.75, 3.05) is 5.32 Å². The van der Waals surface area contributed by atoms with Crippen LogP contribution in [0, 0.1) is 5.82 Å². The molecule has 1 atom stereocenters. The predicted molar refractivity (Wildman–Crippen MR) is 129 cm³/mol. The highest BCUT2D eigenvalue weighted by Gasteiger charge is 2.45. The normalized spacial score (nSPS) is 14.3. The predicted octanol–water partition coefficient (Wildman–Crippen LogP) is 5.02. The number of halogens is 2. The number of anilines is 1. The summed E-state index contributed by atoms with van der Waals surface area (Å²) in [5.74, 6) is -1.28. The average molecular weight is 487 g/mol. The molecule has 172 valence electrons. The van der Waals surface area contributed by atoms with E-state index in [9.17, 15) is 18.2 Å². The van der Waals surface area contributed by atoms with E-state index in [0.717, 1.165) is 11.1 Å². The zero-order chi connectivity index (χ0) is 24.0. The van der Waals surface area contributed by atoms with Crippen molar-refractivity contribution < 1.29 is 18.2 Å². The van der Waals surface area contributed by atoms with Crippen LogP contribution in [-0.4, -0.2) is 21.6 Å². The molecular weight excluding hydrogens is 463 g/mol. The third kappa shape index (κ3) is 5.67. The van der Waals surface area contributed by atoms with Crippen molar-refractivity contribution in [3.05, 3.63) is 95.3 Å². The summed E-state index contributed by atoms with van der Waals surface area (Å²) in [5, 5.41) is 5.72. The van der Waals surface area contributed by atoms with Gasteiger partial charge in [-0.3, -0.25) is 9.59 Å².